The number of anilines is 1. The van der Waals surface area contributed by atoms with Crippen molar-refractivity contribution in [1.82, 2.24) is 25.3 Å². The standard InChI is InChI=1S/C14H20N6O/c1-5-15-13-7-6-12(17-18-13)14(21)16-8-11-9(2)19-20(4)10(11)3/h6-7H,5,8H2,1-4H3,(H,15,18)(H,16,21). The lowest BCUT2D eigenvalue weighted by atomic mass is 10.2. The summed E-state index contributed by atoms with van der Waals surface area (Å²) in [6.45, 7) is 7.08. The van der Waals surface area contributed by atoms with Crippen LogP contribution in [0.25, 0.3) is 0 Å². The van der Waals surface area contributed by atoms with Gasteiger partial charge in [-0.15, -0.1) is 10.2 Å². The highest BCUT2D eigenvalue weighted by Crippen LogP contribution is 2.11. The Morgan fingerprint density at radius 3 is 2.57 bits per heavy atom. The second-order valence-electron chi connectivity index (χ2n) is 4.79. The monoisotopic (exact) mass is 288 g/mol. The molecule has 2 aromatic rings. The van der Waals surface area contributed by atoms with E-state index in [1.807, 2.05) is 32.5 Å². The smallest absolute Gasteiger partial charge is 0.272 e. The summed E-state index contributed by atoms with van der Waals surface area (Å²) in [6.07, 6.45) is 0. The van der Waals surface area contributed by atoms with Crippen LogP contribution in [0.5, 0.6) is 0 Å². The molecular weight excluding hydrogens is 268 g/mol. The van der Waals surface area contributed by atoms with Crippen molar-refractivity contribution in [3.05, 3.63) is 34.8 Å². The van der Waals surface area contributed by atoms with Gasteiger partial charge in [0.2, 0.25) is 0 Å². The molecule has 2 rings (SSSR count). The average molecular weight is 288 g/mol. The Balaban J connectivity index is 2.01. The van der Waals surface area contributed by atoms with Crippen molar-refractivity contribution in [2.45, 2.75) is 27.3 Å². The molecule has 0 aromatic carbocycles. The Kier molecular flexibility index (Phi) is 4.52. The van der Waals surface area contributed by atoms with Gasteiger partial charge in [-0.2, -0.15) is 5.10 Å². The molecular formula is C14H20N6O. The molecule has 0 saturated heterocycles. The summed E-state index contributed by atoms with van der Waals surface area (Å²) >= 11 is 0. The van der Waals surface area contributed by atoms with Crippen molar-refractivity contribution in [2.75, 3.05) is 11.9 Å². The third kappa shape index (κ3) is 3.36. The van der Waals surface area contributed by atoms with Gasteiger partial charge in [-0.3, -0.25) is 9.48 Å². The van der Waals surface area contributed by atoms with Crippen LogP contribution in [0.2, 0.25) is 0 Å². The zero-order chi connectivity index (χ0) is 15.4. The summed E-state index contributed by atoms with van der Waals surface area (Å²) in [5, 5.41) is 18.1. The number of carbonyl (C=O) groups excluding carboxylic acids is 1. The summed E-state index contributed by atoms with van der Waals surface area (Å²) in [6, 6.07) is 3.40. The predicted octanol–water partition coefficient (Wildman–Crippen LogP) is 1.19. The minimum atomic E-state index is -0.242. The lowest BCUT2D eigenvalue weighted by Crippen LogP contribution is -2.24. The van der Waals surface area contributed by atoms with Crippen LogP contribution >= 0.6 is 0 Å². The number of carbonyl (C=O) groups is 1. The molecule has 0 spiro atoms. The highest BCUT2D eigenvalue weighted by molar-refractivity contribution is 5.92. The van der Waals surface area contributed by atoms with Gasteiger partial charge in [0.1, 0.15) is 5.82 Å². The molecule has 0 aliphatic rings. The number of nitrogens with one attached hydrogen (secondary N) is 2. The van der Waals surface area contributed by atoms with Gasteiger partial charge in [0.25, 0.3) is 5.91 Å². The van der Waals surface area contributed by atoms with Crippen molar-refractivity contribution in [3.63, 3.8) is 0 Å². The zero-order valence-corrected chi connectivity index (χ0v) is 12.8. The number of aryl methyl sites for hydroxylation is 2. The molecule has 112 valence electrons. The molecule has 0 bridgehead atoms. The van der Waals surface area contributed by atoms with Gasteiger partial charge < -0.3 is 10.6 Å². The topological polar surface area (TPSA) is 84.7 Å². The van der Waals surface area contributed by atoms with E-state index in [0.29, 0.717) is 18.1 Å². The van der Waals surface area contributed by atoms with Crippen LogP contribution in [0.4, 0.5) is 5.82 Å². The third-order valence-electron chi connectivity index (χ3n) is 3.34. The fraction of sp³-hybridized carbons (Fsp3) is 0.429. The zero-order valence-electron chi connectivity index (χ0n) is 12.8. The minimum absolute atomic E-state index is 0.242. The minimum Gasteiger partial charge on any atom is -0.369 e. The van der Waals surface area contributed by atoms with Crippen molar-refractivity contribution >= 4 is 11.7 Å². The lowest BCUT2D eigenvalue weighted by Gasteiger charge is -2.06. The first-order valence-electron chi connectivity index (χ1n) is 6.87. The van der Waals surface area contributed by atoms with E-state index in [4.69, 9.17) is 0 Å². The molecule has 2 N–H and O–H groups in total. The fourth-order valence-electron chi connectivity index (χ4n) is 2.06. The Morgan fingerprint density at radius 1 is 1.29 bits per heavy atom. The summed E-state index contributed by atoms with van der Waals surface area (Å²) in [5.41, 5.74) is 3.30. The number of amides is 1. The van der Waals surface area contributed by atoms with E-state index in [2.05, 4.69) is 25.9 Å². The number of nitrogens with zero attached hydrogens (tertiary/aromatic N) is 4. The molecule has 0 atom stereocenters. The van der Waals surface area contributed by atoms with Crippen LogP contribution in [0, 0.1) is 13.8 Å². The van der Waals surface area contributed by atoms with Gasteiger partial charge >= 0.3 is 0 Å². The normalized spacial score (nSPS) is 10.5. The number of hydrogen-bond acceptors (Lipinski definition) is 5. The first kappa shape index (κ1) is 15.0. The van der Waals surface area contributed by atoms with Gasteiger partial charge in [-0.25, -0.2) is 0 Å². The highest BCUT2D eigenvalue weighted by atomic mass is 16.1. The lowest BCUT2D eigenvalue weighted by molar-refractivity contribution is 0.0945. The fourth-order valence-corrected chi connectivity index (χ4v) is 2.06. The van der Waals surface area contributed by atoms with Gasteiger partial charge in [-0.1, -0.05) is 0 Å². The summed E-state index contributed by atoms with van der Waals surface area (Å²) in [7, 11) is 1.89. The molecule has 2 heterocycles. The van der Waals surface area contributed by atoms with Crippen LogP contribution in [-0.4, -0.2) is 32.4 Å². The molecule has 21 heavy (non-hydrogen) atoms. The molecule has 0 fully saturated rings. The molecule has 0 aliphatic heterocycles. The quantitative estimate of drug-likeness (QED) is 0.863. The molecule has 0 unspecified atom stereocenters. The maximum absolute atomic E-state index is 12.1. The van der Waals surface area contributed by atoms with Crippen molar-refractivity contribution < 1.29 is 4.79 Å². The first-order chi connectivity index (χ1) is 10.0. The van der Waals surface area contributed by atoms with E-state index in [0.717, 1.165) is 23.5 Å². The van der Waals surface area contributed by atoms with Crippen molar-refractivity contribution in [3.8, 4) is 0 Å². The highest BCUT2D eigenvalue weighted by Gasteiger charge is 2.12. The molecule has 7 heteroatoms. The van der Waals surface area contributed by atoms with E-state index in [1.54, 1.807) is 12.1 Å². The van der Waals surface area contributed by atoms with Crippen LogP contribution < -0.4 is 10.6 Å². The molecule has 7 nitrogen and oxygen atoms in total. The maximum Gasteiger partial charge on any atom is 0.272 e. The van der Waals surface area contributed by atoms with E-state index in [1.165, 1.54) is 0 Å². The van der Waals surface area contributed by atoms with Gasteiger partial charge in [-0.05, 0) is 32.9 Å². The second-order valence-corrected chi connectivity index (χ2v) is 4.79. The Bertz CT molecular complexity index is 632. The van der Waals surface area contributed by atoms with E-state index in [-0.39, 0.29) is 5.91 Å². The van der Waals surface area contributed by atoms with Crippen LogP contribution in [0.15, 0.2) is 12.1 Å². The molecule has 0 aliphatic carbocycles. The second kappa shape index (κ2) is 6.34. The number of aromatic nitrogens is 4. The summed E-state index contributed by atoms with van der Waals surface area (Å²) in [5.74, 6) is 0.418. The van der Waals surface area contributed by atoms with E-state index < -0.39 is 0 Å². The maximum atomic E-state index is 12.1. The Labute approximate surface area is 123 Å². The summed E-state index contributed by atoms with van der Waals surface area (Å²) in [4.78, 5) is 12.1. The van der Waals surface area contributed by atoms with Crippen LogP contribution in [0.3, 0.4) is 0 Å². The van der Waals surface area contributed by atoms with E-state index >= 15 is 0 Å². The van der Waals surface area contributed by atoms with Gasteiger partial charge in [0.05, 0.1) is 5.69 Å². The predicted molar refractivity (Wildman–Crippen MR) is 80.0 cm³/mol. The summed E-state index contributed by atoms with van der Waals surface area (Å²) < 4.78 is 1.81. The first-order valence-corrected chi connectivity index (χ1v) is 6.87. The van der Waals surface area contributed by atoms with Gasteiger partial charge in [0, 0.05) is 31.4 Å². The molecule has 1 amide bonds. The van der Waals surface area contributed by atoms with Crippen molar-refractivity contribution in [1.29, 1.82) is 0 Å². The Morgan fingerprint density at radius 2 is 2.05 bits per heavy atom. The molecule has 0 radical (unpaired) electrons. The van der Waals surface area contributed by atoms with Gasteiger partial charge in [0.15, 0.2) is 5.69 Å². The average Bonchev–Trinajstić information content (AvgIpc) is 2.71. The molecule has 2 aromatic heterocycles. The largest absolute Gasteiger partial charge is 0.369 e. The Hall–Kier alpha value is -2.44. The number of rotatable bonds is 5. The molecule has 0 saturated carbocycles. The van der Waals surface area contributed by atoms with E-state index in [9.17, 15) is 4.79 Å². The number of hydrogen-bond donors (Lipinski definition) is 2. The van der Waals surface area contributed by atoms with Crippen molar-refractivity contribution in [2.24, 2.45) is 7.05 Å². The van der Waals surface area contributed by atoms with Crippen LogP contribution in [-0.2, 0) is 13.6 Å². The third-order valence-corrected chi connectivity index (χ3v) is 3.34. The van der Waals surface area contributed by atoms with Crippen LogP contribution in [0.1, 0.15) is 34.4 Å². The SMILES string of the molecule is CCNc1ccc(C(=O)NCc2c(C)nn(C)c2C)nn1.